The van der Waals surface area contributed by atoms with Crippen LogP contribution in [0.25, 0.3) is 22.3 Å². The zero-order valence-electron chi connectivity index (χ0n) is 34.6. The van der Waals surface area contributed by atoms with E-state index in [1.165, 1.54) is 17.4 Å². The first kappa shape index (κ1) is 42.4. The average molecular weight is 812 g/mol. The normalized spacial score (nSPS) is 10.9. The molecule has 1 amide bonds. The minimum absolute atomic E-state index is 0.242. The van der Waals surface area contributed by atoms with E-state index >= 15 is 0 Å². The van der Waals surface area contributed by atoms with Gasteiger partial charge in [0, 0.05) is 11.1 Å². The van der Waals surface area contributed by atoms with Gasteiger partial charge in [0.25, 0.3) is 5.91 Å². The molecule has 1 aromatic heterocycles. The van der Waals surface area contributed by atoms with E-state index in [1.54, 1.807) is 41.8 Å². The minimum Gasteiger partial charge on any atom is -0.502 e. The lowest BCUT2D eigenvalue weighted by atomic mass is 9.94. The quantitative estimate of drug-likeness (QED) is 0.0266. The Labute approximate surface area is 346 Å². The molecule has 0 radical (unpaired) electrons. The number of nitrogen functional groups attached to an aromatic ring is 1. The lowest BCUT2D eigenvalue weighted by Crippen LogP contribution is -2.32. The number of hydrogen-bond donors (Lipinski definition) is 3. The van der Waals surface area contributed by atoms with E-state index in [0.717, 1.165) is 56.6 Å². The summed E-state index contributed by atoms with van der Waals surface area (Å²) in [4.78, 5) is 50.9. The van der Waals surface area contributed by atoms with Gasteiger partial charge in [0.2, 0.25) is 5.76 Å². The first-order valence-corrected chi connectivity index (χ1v) is 19.0. The maximum absolute atomic E-state index is 14.0. The number of nitrogens with two attached hydrogens (primary N) is 1. The fraction of sp³-hybridized carbons (Fsp3) is 0.213. The molecule has 4 N–H and O–H groups in total. The highest BCUT2D eigenvalue weighted by Crippen LogP contribution is 2.40. The number of esters is 2. The van der Waals surface area contributed by atoms with Crippen molar-refractivity contribution in [2.24, 2.45) is 5.84 Å². The molecular weight excluding hydrogens is 767 g/mol. The van der Waals surface area contributed by atoms with E-state index in [1.807, 2.05) is 12.1 Å². The largest absolute Gasteiger partial charge is 0.502 e. The maximum atomic E-state index is 14.0. The molecule has 0 unspecified atom stereocenters. The van der Waals surface area contributed by atoms with Crippen molar-refractivity contribution in [2.45, 2.75) is 68.6 Å². The highest BCUT2D eigenvalue weighted by atomic mass is 16.6. The number of benzene rings is 5. The van der Waals surface area contributed by atoms with Crippen molar-refractivity contribution < 1.29 is 43.0 Å². The number of hydrazine groups is 1. The number of hydrogen-bond acceptors (Lipinski definition) is 11. The molecule has 0 aliphatic heterocycles. The van der Waals surface area contributed by atoms with Crippen LogP contribution in [0.5, 0.6) is 17.2 Å². The van der Waals surface area contributed by atoms with Crippen LogP contribution in [0.2, 0.25) is 0 Å². The predicted octanol–water partition coefficient (Wildman–Crippen LogP) is 9.45. The molecule has 308 valence electrons. The van der Waals surface area contributed by atoms with E-state index in [-0.39, 0.29) is 17.9 Å². The van der Waals surface area contributed by atoms with Crippen molar-refractivity contribution >= 4 is 23.5 Å². The number of rotatable bonds is 12. The molecule has 0 atom stereocenters. The van der Waals surface area contributed by atoms with E-state index in [9.17, 15) is 29.6 Å². The number of aromatic hydroxyl groups is 1. The number of furan rings is 1. The monoisotopic (exact) mass is 811 g/mol. The maximum Gasteiger partial charge on any atom is 0.382 e. The Morgan fingerprint density at radius 2 is 1.22 bits per heavy atom. The van der Waals surface area contributed by atoms with Gasteiger partial charge >= 0.3 is 17.6 Å². The number of phenols is 1. The van der Waals surface area contributed by atoms with Crippen molar-refractivity contribution in [3.05, 3.63) is 162 Å². The molecule has 13 heteroatoms. The smallest absolute Gasteiger partial charge is 0.382 e. The lowest BCUT2D eigenvalue weighted by Gasteiger charge is -2.17. The summed E-state index contributed by atoms with van der Waals surface area (Å²) >= 11 is 0. The van der Waals surface area contributed by atoms with Crippen LogP contribution in [-0.4, -0.2) is 27.9 Å². The third kappa shape index (κ3) is 8.34. The van der Waals surface area contributed by atoms with Gasteiger partial charge < -0.3 is 23.7 Å². The summed E-state index contributed by atoms with van der Waals surface area (Å²) in [5.41, 5.74) is 12.1. The molecule has 0 fully saturated rings. The van der Waals surface area contributed by atoms with Gasteiger partial charge in [-0.2, -0.15) is 0 Å². The number of nitro groups is 1. The Kier molecular flexibility index (Phi) is 12.2. The van der Waals surface area contributed by atoms with Crippen LogP contribution in [0.3, 0.4) is 0 Å². The molecule has 6 aromatic rings. The van der Waals surface area contributed by atoms with Gasteiger partial charge in [-0.15, -0.1) is 0 Å². The second kappa shape index (κ2) is 17.3. The molecule has 1 heterocycles. The number of carbonyl (C=O) groups is 3. The van der Waals surface area contributed by atoms with Crippen LogP contribution >= 0.6 is 0 Å². The van der Waals surface area contributed by atoms with Gasteiger partial charge in [0.05, 0.1) is 10.5 Å². The zero-order valence-corrected chi connectivity index (χ0v) is 34.6. The van der Waals surface area contributed by atoms with Crippen molar-refractivity contribution in [3.8, 4) is 39.5 Å². The summed E-state index contributed by atoms with van der Waals surface area (Å²) in [5.74, 6) is 1.01. The van der Waals surface area contributed by atoms with Gasteiger partial charge in [0.15, 0.2) is 5.75 Å². The predicted molar refractivity (Wildman–Crippen MR) is 225 cm³/mol. The molecule has 0 bridgehead atoms. The van der Waals surface area contributed by atoms with Gasteiger partial charge in [-0.25, -0.2) is 15.4 Å². The standard InChI is InChI=1S/C47H45N3O10/c1-24-17-25(2)29(6)37(28(24)5)21-57-34-13-9-11-32(19-34)39-23-59-44(47(54)60-46(53)36-15-16-40(51)43(50(55)56)42(36)45(52)49-48)41(39)33-12-10-14-35(20-33)58-22-38-30(7)26(3)18-27(4)31(38)8/h9-20,23,51H,21-22,48H2,1-8H3,(H,49,52). The van der Waals surface area contributed by atoms with E-state index in [2.05, 4.69) is 67.5 Å². The molecular formula is C47H45N3O10. The van der Waals surface area contributed by atoms with E-state index < -0.39 is 45.3 Å². The van der Waals surface area contributed by atoms with E-state index in [0.29, 0.717) is 34.8 Å². The number of amides is 1. The first-order chi connectivity index (χ1) is 28.5. The zero-order chi connectivity index (χ0) is 43.6. The van der Waals surface area contributed by atoms with Gasteiger partial charge in [-0.05, 0) is 159 Å². The highest BCUT2D eigenvalue weighted by Gasteiger charge is 2.34. The SMILES string of the molecule is Cc1cc(C)c(C)c(COc2cccc(-c3coc(C(=O)OC(=O)c4ccc(O)c([N+](=O)[O-])c4C(=O)NN)c3-c3cccc(OCc4c(C)c(C)cc(C)c4C)c3)c2)c1C. The molecule has 0 aliphatic rings. The molecule has 0 aliphatic carbocycles. The number of carbonyl (C=O) groups excluding carboxylic acids is 3. The Balaban J connectivity index is 1.40. The third-order valence-corrected chi connectivity index (χ3v) is 11.2. The molecule has 6 rings (SSSR count). The van der Waals surface area contributed by atoms with E-state index in [4.69, 9.17) is 24.5 Å². The van der Waals surface area contributed by atoms with Crippen LogP contribution < -0.4 is 20.7 Å². The number of nitrogens with one attached hydrogen (secondary N) is 1. The summed E-state index contributed by atoms with van der Waals surface area (Å²) in [7, 11) is 0. The lowest BCUT2D eigenvalue weighted by molar-refractivity contribution is -0.386. The van der Waals surface area contributed by atoms with Gasteiger partial charge in [-0.3, -0.25) is 20.3 Å². The number of ether oxygens (including phenoxy) is 3. The number of nitro benzene ring substituents is 1. The van der Waals surface area contributed by atoms with Crippen molar-refractivity contribution in [2.75, 3.05) is 0 Å². The first-order valence-electron chi connectivity index (χ1n) is 19.0. The van der Waals surface area contributed by atoms with Crippen molar-refractivity contribution in [1.29, 1.82) is 0 Å². The second-order valence-corrected chi connectivity index (χ2v) is 14.7. The average Bonchev–Trinajstić information content (AvgIpc) is 3.67. The third-order valence-electron chi connectivity index (χ3n) is 11.2. The summed E-state index contributed by atoms with van der Waals surface area (Å²) in [5, 5.41) is 22.0. The summed E-state index contributed by atoms with van der Waals surface area (Å²) < 4.78 is 23.8. The summed E-state index contributed by atoms with van der Waals surface area (Å²) in [6.45, 7) is 17.1. The van der Waals surface area contributed by atoms with Crippen LogP contribution in [0, 0.1) is 65.5 Å². The van der Waals surface area contributed by atoms with Gasteiger partial charge in [-0.1, -0.05) is 36.4 Å². The molecule has 0 saturated carbocycles. The molecule has 5 aromatic carbocycles. The van der Waals surface area contributed by atoms with Crippen LogP contribution in [0.4, 0.5) is 5.69 Å². The Morgan fingerprint density at radius 1 is 0.717 bits per heavy atom. The van der Waals surface area contributed by atoms with Crippen LogP contribution in [0.1, 0.15) is 86.9 Å². The van der Waals surface area contributed by atoms with Crippen molar-refractivity contribution in [1.82, 2.24) is 5.43 Å². The summed E-state index contributed by atoms with van der Waals surface area (Å²) in [6.07, 6.45) is 1.35. The fourth-order valence-corrected chi connectivity index (χ4v) is 7.27. The minimum atomic E-state index is -1.44. The number of phenolic OH excluding ortho intramolecular Hbond substituents is 1. The Morgan fingerprint density at radius 3 is 1.72 bits per heavy atom. The molecule has 0 saturated heterocycles. The van der Waals surface area contributed by atoms with Crippen LogP contribution in [0.15, 0.2) is 83.5 Å². The fourth-order valence-electron chi connectivity index (χ4n) is 7.27. The second-order valence-electron chi connectivity index (χ2n) is 14.7. The van der Waals surface area contributed by atoms with Crippen molar-refractivity contribution in [3.63, 3.8) is 0 Å². The number of nitrogens with zero attached hydrogens (tertiary/aromatic N) is 1. The topological polar surface area (TPSA) is 193 Å². The molecule has 60 heavy (non-hydrogen) atoms. The summed E-state index contributed by atoms with van der Waals surface area (Å²) in [6, 6.07) is 20.3. The Bertz CT molecular complexity index is 2660. The molecule has 0 spiro atoms. The molecule has 13 nitrogen and oxygen atoms in total. The number of aryl methyl sites for hydroxylation is 4. The van der Waals surface area contributed by atoms with Crippen LogP contribution in [-0.2, 0) is 18.0 Å². The Hall–Kier alpha value is -7.25. The highest BCUT2D eigenvalue weighted by molar-refractivity contribution is 6.12. The van der Waals surface area contributed by atoms with Gasteiger partial charge in [0.1, 0.15) is 36.5 Å².